The largest absolute Gasteiger partial charge is 0.462 e. The Balaban J connectivity index is 1.94. The van der Waals surface area contributed by atoms with Crippen LogP contribution in [0.5, 0.6) is 0 Å². The highest BCUT2D eigenvalue weighted by atomic mass is 16.5. The van der Waals surface area contributed by atoms with Crippen LogP contribution in [-0.4, -0.2) is 11.1 Å². The number of aryl methyl sites for hydroxylation is 2. The second-order valence-corrected chi connectivity index (χ2v) is 3.80. The van der Waals surface area contributed by atoms with E-state index in [2.05, 4.69) is 10.5 Å². The lowest BCUT2D eigenvalue weighted by Gasteiger charge is -1.93. The van der Waals surface area contributed by atoms with Gasteiger partial charge in [0.25, 0.3) is 0 Å². The van der Waals surface area contributed by atoms with Crippen LogP contribution >= 0.6 is 0 Å². The second-order valence-electron chi connectivity index (χ2n) is 3.80. The van der Waals surface area contributed by atoms with Crippen molar-refractivity contribution in [3.05, 3.63) is 41.6 Å². The number of carbonyl (C=O) groups is 1. The van der Waals surface area contributed by atoms with Gasteiger partial charge >= 0.3 is 0 Å². The first-order chi connectivity index (χ1) is 8.67. The molecule has 2 aromatic heterocycles. The van der Waals surface area contributed by atoms with Crippen LogP contribution in [0.1, 0.15) is 24.2 Å². The molecule has 0 saturated carbocycles. The fourth-order valence-corrected chi connectivity index (χ4v) is 1.43. The first kappa shape index (κ1) is 12.2. The zero-order valence-corrected chi connectivity index (χ0v) is 10.3. The third-order valence-corrected chi connectivity index (χ3v) is 2.31. The molecule has 2 heterocycles. The summed E-state index contributed by atoms with van der Waals surface area (Å²) >= 11 is 0. The molecule has 0 unspecified atom stereocenters. The van der Waals surface area contributed by atoms with Crippen LogP contribution in [0.25, 0.3) is 6.08 Å². The Morgan fingerprint density at radius 1 is 1.50 bits per heavy atom. The quantitative estimate of drug-likeness (QED) is 0.842. The van der Waals surface area contributed by atoms with Crippen molar-refractivity contribution >= 4 is 17.8 Å². The first-order valence-electron chi connectivity index (χ1n) is 5.68. The molecule has 0 fully saturated rings. The predicted molar refractivity (Wildman–Crippen MR) is 67.0 cm³/mol. The fraction of sp³-hybridized carbons (Fsp3) is 0.231. The van der Waals surface area contributed by atoms with E-state index in [0.717, 1.165) is 12.2 Å². The van der Waals surface area contributed by atoms with Gasteiger partial charge < -0.3 is 14.3 Å². The van der Waals surface area contributed by atoms with Crippen LogP contribution < -0.4 is 5.32 Å². The van der Waals surface area contributed by atoms with E-state index in [9.17, 15) is 4.79 Å². The maximum absolute atomic E-state index is 11.6. The van der Waals surface area contributed by atoms with E-state index in [1.54, 1.807) is 19.1 Å². The van der Waals surface area contributed by atoms with E-state index < -0.39 is 0 Å². The highest BCUT2D eigenvalue weighted by molar-refractivity contribution is 6.01. The van der Waals surface area contributed by atoms with Gasteiger partial charge in [0.2, 0.25) is 5.91 Å². The van der Waals surface area contributed by atoms with Crippen molar-refractivity contribution in [2.45, 2.75) is 20.3 Å². The van der Waals surface area contributed by atoms with Gasteiger partial charge in [0.05, 0.1) is 0 Å². The molecule has 0 aromatic carbocycles. The van der Waals surface area contributed by atoms with Crippen LogP contribution in [0.15, 0.2) is 33.2 Å². The zero-order chi connectivity index (χ0) is 13.0. The molecule has 0 aliphatic heterocycles. The summed E-state index contributed by atoms with van der Waals surface area (Å²) in [6.45, 7) is 3.76. The number of amides is 1. The topological polar surface area (TPSA) is 68.3 Å². The van der Waals surface area contributed by atoms with E-state index in [-0.39, 0.29) is 5.91 Å². The third kappa shape index (κ3) is 3.10. The Bertz CT molecular complexity index is 566. The molecule has 5 heteroatoms. The molecule has 0 spiro atoms. The van der Waals surface area contributed by atoms with Gasteiger partial charge in [0.1, 0.15) is 17.3 Å². The van der Waals surface area contributed by atoms with Gasteiger partial charge in [-0.3, -0.25) is 4.79 Å². The number of nitrogens with one attached hydrogen (secondary N) is 1. The summed E-state index contributed by atoms with van der Waals surface area (Å²) in [5.74, 6) is 2.31. The molecule has 1 amide bonds. The summed E-state index contributed by atoms with van der Waals surface area (Å²) in [4.78, 5) is 11.6. The molecule has 5 nitrogen and oxygen atoms in total. The molecule has 2 aromatic rings. The van der Waals surface area contributed by atoms with Crippen molar-refractivity contribution in [2.24, 2.45) is 0 Å². The maximum atomic E-state index is 11.6. The lowest BCUT2D eigenvalue weighted by atomic mass is 10.3. The fourth-order valence-electron chi connectivity index (χ4n) is 1.43. The van der Waals surface area contributed by atoms with Crippen molar-refractivity contribution in [1.29, 1.82) is 0 Å². The summed E-state index contributed by atoms with van der Waals surface area (Å²) in [6, 6.07) is 5.36. The summed E-state index contributed by atoms with van der Waals surface area (Å²) in [5.41, 5.74) is 0. The van der Waals surface area contributed by atoms with E-state index in [1.165, 1.54) is 6.08 Å². The number of anilines is 1. The van der Waals surface area contributed by atoms with Gasteiger partial charge in [-0.25, -0.2) is 0 Å². The Morgan fingerprint density at radius 2 is 2.33 bits per heavy atom. The summed E-state index contributed by atoms with van der Waals surface area (Å²) in [7, 11) is 0. The molecule has 94 valence electrons. The van der Waals surface area contributed by atoms with E-state index in [1.807, 2.05) is 19.1 Å². The van der Waals surface area contributed by atoms with Gasteiger partial charge in [0, 0.05) is 18.6 Å². The minimum absolute atomic E-state index is 0.280. The van der Waals surface area contributed by atoms with Crippen molar-refractivity contribution in [1.82, 2.24) is 5.16 Å². The minimum Gasteiger partial charge on any atom is -0.462 e. The van der Waals surface area contributed by atoms with Gasteiger partial charge in [-0.1, -0.05) is 12.1 Å². The second kappa shape index (κ2) is 5.35. The van der Waals surface area contributed by atoms with Crippen molar-refractivity contribution in [3.63, 3.8) is 0 Å². The zero-order valence-electron chi connectivity index (χ0n) is 10.3. The Morgan fingerprint density at radius 3 is 2.94 bits per heavy atom. The number of hydrogen-bond acceptors (Lipinski definition) is 4. The highest BCUT2D eigenvalue weighted by Gasteiger charge is 2.03. The number of aromatic nitrogens is 1. The molecule has 0 atom stereocenters. The standard InChI is InChI=1S/C13H14N2O3/c1-3-10-4-5-11(17-10)6-7-13(16)14-12-8-9(2)18-15-12/h4-8H,3H2,1-2H3,(H,14,15,16)/b7-6+. The molecule has 0 radical (unpaired) electrons. The number of hydrogen-bond donors (Lipinski definition) is 1. The van der Waals surface area contributed by atoms with Crippen molar-refractivity contribution < 1.29 is 13.7 Å². The Kier molecular flexibility index (Phi) is 3.62. The number of nitrogens with zero attached hydrogens (tertiary/aromatic N) is 1. The lowest BCUT2D eigenvalue weighted by molar-refractivity contribution is -0.111. The van der Waals surface area contributed by atoms with Crippen molar-refractivity contribution in [3.8, 4) is 0 Å². The van der Waals surface area contributed by atoms with Crippen LogP contribution in [0.4, 0.5) is 5.82 Å². The van der Waals surface area contributed by atoms with Gasteiger partial charge in [-0.05, 0) is 25.1 Å². The normalized spacial score (nSPS) is 11.0. The Hall–Kier alpha value is -2.30. The first-order valence-corrected chi connectivity index (χ1v) is 5.68. The molecule has 0 aliphatic carbocycles. The Labute approximate surface area is 104 Å². The average molecular weight is 246 g/mol. The number of furan rings is 1. The van der Waals surface area contributed by atoms with Crippen LogP contribution in [-0.2, 0) is 11.2 Å². The van der Waals surface area contributed by atoms with E-state index >= 15 is 0 Å². The minimum atomic E-state index is -0.280. The van der Waals surface area contributed by atoms with E-state index in [0.29, 0.717) is 17.3 Å². The maximum Gasteiger partial charge on any atom is 0.249 e. The van der Waals surface area contributed by atoms with Crippen molar-refractivity contribution in [2.75, 3.05) is 5.32 Å². The van der Waals surface area contributed by atoms with Gasteiger partial charge in [0.15, 0.2) is 5.82 Å². The number of carbonyl (C=O) groups excluding carboxylic acids is 1. The molecule has 2 rings (SSSR count). The average Bonchev–Trinajstić information content (AvgIpc) is 2.95. The molecular formula is C13H14N2O3. The molecule has 0 bridgehead atoms. The molecule has 0 saturated heterocycles. The van der Waals surface area contributed by atoms with Gasteiger partial charge in [-0.2, -0.15) is 0 Å². The highest BCUT2D eigenvalue weighted by Crippen LogP contribution is 2.10. The molecule has 18 heavy (non-hydrogen) atoms. The van der Waals surface area contributed by atoms with Crippen LogP contribution in [0.2, 0.25) is 0 Å². The summed E-state index contributed by atoms with van der Waals surface area (Å²) in [5, 5.41) is 6.25. The lowest BCUT2D eigenvalue weighted by Crippen LogP contribution is -2.07. The third-order valence-electron chi connectivity index (χ3n) is 2.31. The van der Waals surface area contributed by atoms with Crippen LogP contribution in [0.3, 0.4) is 0 Å². The number of rotatable bonds is 4. The SMILES string of the molecule is CCc1ccc(/C=C/C(=O)Nc2cc(C)on2)o1. The predicted octanol–water partition coefficient (Wildman–Crippen LogP) is 2.79. The summed E-state index contributed by atoms with van der Waals surface area (Å²) in [6.07, 6.45) is 3.84. The smallest absolute Gasteiger partial charge is 0.249 e. The van der Waals surface area contributed by atoms with E-state index in [4.69, 9.17) is 8.94 Å². The molecule has 0 aliphatic rings. The monoisotopic (exact) mass is 246 g/mol. The molecule has 1 N–H and O–H groups in total. The molecular weight excluding hydrogens is 232 g/mol. The van der Waals surface area contributed by atoms with Crippen LogP contribution in [0, 0.1) is 6.92 Å². The van der Waals surface area contributed by atoms with Gasteiger partial charge in [-0.15, -0.1) is 0 Å². The summed E-state index contributed by atoms with van der Waals surface area (Å²) < 4.78 is 10.3.